The lowest BCUT2D eigenvalue weighted by atomic mass is 10.0. The van der Waals surface area contributed by atoms with Gasteiger partial charge in [-0.15, -0.1) is 0 Å². The van der Waals surface area contributed by atoms with Crippen molar-refractivity contribution < 1.29 is 0 Å². The van der Waals surface area contributed by atoms with E-state index in [1.807, 2.05) is 12.1 Å². The van der Waals surface area contributed by atoms with E-state index < -0.39 is 0 Å². The molecule has 0 saturated carbocycles. The molecule has 1 aromatic rings. The zero-order valence-electron chi connectivity index (χ0n) is 6.63. The number of hydrogen-bond acceptors (Lipinski definition) is 2. The molecule has 3 heteroatoms. The van der Waals surface area contributed by atoms with Gasteiger partial charge in [-0.2, -0.15) is 0 Å². The highest BCUT2D eigenvalue weighted by atomic mass is 32.1. The van der Waals surface area contributed by atoms with Crippen molar-refractivity contribution >= 4 is 28.6 Å². The first-order valence-electron chi connectivity index (χ1n) is 3.94. The molecule has 2 rings (SSSR count). The Hall–Kier alpha value is -1.09. The summed E-state index contributed by atoms with van der Waals surface area (Å²) in [4.78, 5) is 0.910. The van der Waals surface area contributed by atoms with Gasteiger partial charge in [-0.25, -0.2) is 0 Å². The Balaban J connectivity index is 2.44. The fraction of sp³-hybridized carbons (Fsp3) is 0.222. The zero-order valence-corrected chi connectivity index (χ0v) is 7.45. The van der Waals surface area contributed by atoms with Crippen LogP contribution in [0, 0.1) is 0 Å². The number of aryl methyl sites for hydroxylation is 1. The Labute approximate surface area is 76.8 Å². The summed E-state index contributed by atoms with van der Waals surface area (Å²) in [7, 11) is 0. The smallest absolute Gasteiger partial charge is 0.0800 e. The molecule has 1 heterocycles. The van der Waals surface area contributed by atoms with E-state index in [1.54, 1.807) is 0 Å². The molecule has 12 heavy (non-hydrogen) atoms. The highest BCUT2D eigenvalue weighted by Crippen LogP contribution is 2.24. The lowest BCUT2D eigenvalue weighted by Gasteiger charge is -2.18. The standard InChI is InChI=1S/C9H10N2S/c10-7-3-1-6-2-4-9(12)11-8(6)5-7/h1,3,5H,2,4,10H2,(H,11,12). The van der Waals surface area contributed by atoms with Crippen LogP contribution in [0.5, 0.6) is 0 Å². The number of anilines is 2. The molecule has 2 nitrogen and oxygen atoms in total. The van der Waals surface area contributed by atoms with E-state index in [0.717, 1.165) is 29.2 Å². The molecule has 1 aromatic carbocycles. The van der Waals surface area contributed by atoms with Crippen LogP contribution >= 0.6 is 12.2 Å². The molecule has 0 aliphatic carbocycles. The second kappa shape index (κ2) is 2.75. The minimum Gasteiger partial charge on any atom is -0.399 e. The van der Waals surface area contributed by atoms with Gasteiger partial charge in [0.25, 0.3) is 0 Å². The van der Waals surface area contributed by atoms with Crippen LogP contribution in [0.25, 0.3) is 0 Å². The summed E-state index contributed by atoms with van der Waals surface area (Å²) in [5, 5.41) is 3.15. The number of rotatable bonds is 0. The first kappa shape index (κ1) is 7.55. The molecule has 1 aliphatic rings. The fourth-order valence-electron chi connectivity index (χ4n) is 1.39. The molecule has 0 radical (unpaired) electrons. The van der Waals surface area contributed by atoms with E-state index in [2.05, 4.69) is 11.4 Å². The molecule has 0 saturated heterocycles. The Morgan fingerprint density at radius 1 is 1.33 bits per heavy atom. The summed E-state index contributed by atoms with van der Waals surface area (Å²) in [6, 6.07) is 5.91. The van der Waals surface area contributed by atoms with E-state index in [4.69, 9.17) is 18.0 Å². The van der Waals surface area contributed by atoms with Crippen molar-refractivity contribution in [1.29, 1.82) is 0 Å². The van der Waals surface area contributed by atoms with E-state index in [0.29, 0.717) is 0 Å². The van der Waals surface area contributed by atoms with Crippen molar-refractivity contribution in [3.63, 3.8) is 0 Å². The average Bonchev–Trinajstić information content (AvgIpc) is 2.03. The lowest BCUT2D eigenvalue weighted by molar-refractivity contribution is 1.03. The molecule has 0 bridgehead atoms. The van der Waals surface area contributed by atoms with E-state index in [-0.39, 0.29) is 0 Å². The van der Waals surface area contributed by atoms with Crippen molar-refractivity contribution in [1.82, 2.24) is 0 Å². The van der Waals surface area contributed by atoms with Gasteiger partial charge in [0.1, 0.15) is 0 Å². The molecular weight excluding hydrogens is 168 g/mol. The molecule has 1 aliphatic heterocycles. The van der Waals surface area contributed by atoms with Crippen LogP contribution in [0.4, 0.5) is 11.4 Å². The van der Waals surface area contributed by atoms with Gasteiger partial charge < -0.3 is 11.1 Å². The topological polar surface area (TPSA) is 38.0 Å². The summed E-state index contributed by atoms with van der Waals surface area (Å²) in [6.07, 6.45) is 1.98. The molecular formula is C9H10N2S. The van der Waals surface area contributed by atoms with Gasteiger partial charge in [-0.3, -0.25) is 0 Å². The van der Waals surface area contributed by atoms with E-state index >= 15 is 0 Å². The number of nitrogens with two attached hydrogens (primary N) is 1. The SMILES string of the molecule is Nc1ccc2c(c1)NC(=S)CC2. The monoisotopic (exact) mass is 178 g/mol. The summed E-state index contributed by atoms with van der Waals surface area (Å²) in [5.74, 6) is 0. The maximum absolute atomic E-state index is 5.64. The van der Waals surface area contributed by atoms with E-state index in [1.165, 1.54) is 5.56 Å². The number of nitrogens with one attached hydrogen (secondary N) is 1. The third-order valence-electron chi connectivity index (χ3n) is 2.03. The zero-order chi connectivity index (χ0) is 8.55. The maximum atomic E-state index is 5.64. The van der Waals surface area contributed by atoms with Crippen LogP contribution < -0.4 is 11.1 Å². The van der Waals surface area contributed by atoms with Crippen LogP contribution in [0.3, 0.4) is 0 Å². The molecule has 62 valence electrons. The third kappa shape index (κ3) is 1.28. The number of thiocarbonyl (C=S) groups is 1. The van der Waals surface area contributed by atoms with Crippen molar-refractivity contribution in [2.75, 3.05) is 11.1 Å². The molecule has 3 N–H and O–H groups in total. The van der Waals surface area contributed by atoms with Gasteiger partial charge in [-0.05, 0) is 24.1 Å². The first-order chi connectivity index (χ1) is 5.75. The van der Waals surface area contributed by atoms with Crippen LogP contribution in [0.15, 0.2) is 18.2 Å². The normalized spacial score (nSPS) is 15.2. The molecule has 0 aromatic heterocycles. The average molecular weight is 178 g/mol. The largest absolute Gasteiger partial charge is 0.399 e. The molecule has 0 amide bonds. The van der Waals surface area contributed by atoms with Crippen molar-refractivity contribution in [2.45, 2.75) is 12.8 Å². The van der Waals surface area contributed by atoms with Crippen LogP contribution in [0.1, 0.15) is 12.0 Å². The van der Waals surface area contributed by atoms with Gasteiger partial charge in [0.15, 0.2) is 0 Å². The first-order valence-corrected chi connectivity index (χ1v) is 4.35. The summed E-state index contributed by atoms with van der Waals surface area (Å²) in [5.41, 5.74) is 8.81. The Kier molecular flexibility index (Phi) is 1.73. The van der Waals surface area contributed by atoms with Crippen LogP contribution in [0.2, 0.25) is 0 Å². The number of nitrogen functional groups attached to an aromatic ring is 1. The third-order valence-corrected chi connectivity index (χ3v) is 2.34. The highest BCUT2D eigenvalue weighted by molar-refractivity contribution is 7.80. The summed E-state index contributed by atoms with van der Waals surface area (Å²) in [6.45, 7) is 0. The quantitative estimate of drug-likeness (QED) is 0.471. The van der Waals surface area contributed by atoms with Crippen LogP contribution in [-0.2, 0) is 6.42 Å². The van der Waals surface area contributed by atoms with Gasteiger partial charge in [0, 0.05) is 17.8 Å². The predicted molar refractivity (Wildman–Crippen MR) is 55.4 cm³/mol. The van der Waals surface area contributed by atoms with Gasteiger partial charge in [0.2, 0.25) is 0 Å². The Bertz CT molecular complexity index is 333. The maximum Gasteiger partial charge on any atom is 0.0800 e. The second-order valence-corrected chi connectivity index (χ2v) is 3.46. The molecule has 0 spiro atoms. The highest BCUT2D eigenvalue weighted by Gasteiger charge is 2.11. The number of hydrogen-bond donors (Lipinski definition) is 2. The molecule has 0 atom stereocenters. The second-order valence-electron chi connectivity index (χ2n) is 2.96. The number of fused-ring (bicyclic) bond motifs is 1. The Morgan fingerprint density at radius 2 is 2.17 bits per heavy atom. The summed E-state index contributed by atoms with van der Waals surface area (Å²) >= 11 is 5.07. The van der Waals surface area contributed by atoms with Crippen molar-refractivity contribution in [3.8, 4) is 0 Å². The van der Waals surface area contributed by atoms with Gasteiger partial charge in [-0.1, -0.05) is 18.3 Å². The minimum absolute atomic E-state index is 0.783. The predicted octanol–water partition coefficient (Wildman–Crippen LogP) is 1.95. The summed E-state index contributed by atoms with van der Waals surface area (Å²) < 4.78 is 0. The van der Waals surface area contributed by atoms with Crippen LogP contribution in [-0.4, -0.2) is 4.99 Å². The van der Waals surface area contributed by atoms with Crippen molar-refractivity contribution in [2.24, 2.45) is 0 Å². The fourth-order valence-corrected chi connectivity index (χ4v) is 1.60. The number of benzene rings is 1. The molecule has 0 fully saturated rings. The van der Waals surface area contributed by atoms with Gasteiger partial charge in [0.05, 0.1) is 4.99 Å². The van der Waals surface area contributed by atoms with E-state index in [9.17, 15) is 0 Å². The Morgan fingerprint density at radius 3 is 3.00 bits per heavy atom. The lowest BCUT2D eigenvalue weighted by Crippen LogP contribution is -2.17. The minimum atomic E-state index is 0.783. The van der Waals surface area contributed by atoms with Crippen molar-refractivity contribution in [3.05, 3.63) is 23.8 Å². The van der Waals surface area contributed by atoms with Gasteiger partial charge >= 0.3 is 0 Å². The molecule has 0 unspecified atom stereocenters.